The lowest BCUT2D eigenvalue weighted by atomic mass is 10.1. The minimum Gasteiger partial charge on any atom is -0.399 e. The van der Waals surface area contributed by atoms with Gasteiger partial charge in [-0.15, -0.1) is 0 Å². The van der Waals surface area contributed by atoms with Gasteiger partial charge in [-0.05, 0) is 44.1 Å². The van der Waals surface area contributed by atoms with E-state index in [4.69, 9.17) is 5.73 Å². The van der Waals surface area contributed by atoms with Crippen molar-refractivity contribution in [2.45, 2.75) is 39.7 Å². The molecule has 4 heteroatoms. The minimum absolute atomic E-state index is 0.112. The Morgan fingerprint density at radius 3 is 2.40 bits per heavy atom. The highest BCUT2D eigenvalue weighted by atomic mass is 16.1. The predicted octanol–water partition coefficient (Wildman–Crippen LogP) is 2.05. The van der Waals surface area contributed by atoms with Crippen molar-refractivity contribution in [1.29, 1.82) is 0 Å². The lowest BCUT2D eigenvalue weighted by molar-refractivity contribution is -0.121. The first-order valence-corrected chi connectivity index (χ1v) is 7.41. The number of benzene rings is 1. The number of anilines is 1. The van der Waals surface area contributed by atoms with Gasteiger partial charge in [0.25, 0.3) is 0 Å². The number of nitrogens with two attached hydrogens (primary N) is 1. The normalized spacial score (nSPS) is 12.4. The van der Waals surface area contributed by atoms with E-state index in [1.54, 1.807) is 0 Å². The molecule has 0 heterocycles. The molecule has 0 saturated heterocycles. The summed E-state index contributed by atoms with van der Waals surface area (Å²) in [6.07, 6.45) is 1.27. The van der Waals surface area contributed by atoms with Gasteiger partial charge in [0.2, 0.25) is 5.91 Å². The molecule has 0 saturated carbocycles. The zero-order chi connectivity index (χ0) is 15.0. The van der Waals surface area contributed by atoms with Gasteiger partial charge >= 0.3 is 0 Å². The van der Waals surface area contributed by atoms with E-state index in [1.807, 2.05) is 24.3 Å². The average Bonchev–Trinajstić information content (AvgIpc) is 2.44. The van der Waals surface area contributed by atoms with Crippen LogP contribution in [0.15, 0.2) is 24.3 Å². The fraction of sp³-hybridized carbons (Fsp3) is 0.562. The van der Waals surface area contributed by atoms with Crippen molar-refractivity contribution in [3.8, 4) is 0 Å². The fourth-order valence-corrected chi connectivity index (χ4v) is 2.20. The molecule has 0 bridgehead atoms. The maximum absolute atomic E-state index is 11.9. The molecule has 112 valence electrons. The highest BCUT2D eigenvalue weighted by molar-refractivity contribution is 5.76. The van der Waals surface area contributed by atoms with Gasteiger partial charge in [-0.3, -0.25) is 4.79 Å². The molecule has 0 aliphatic rings. The number of carbonyl (C=O) groups is 1. The number of hydrogen-bond acceptors (Lipinski definition) is 3. The summed E-state index contributed by atoms with van der Waals surface area (Å²) < 4.78 is 0. The number of hydrogen-bond donors (Lipinski definition) is 2. The highest BCUT2D eigenvalue weighted by Gasteiger charge is 2.10. The first-order chi connectivity index (χ1) is 9.55. The van der Waals surface area contributed by atoms with Crippen molar-refractivity contribution < 1.29 is 4.79 Å². The molecule has 1 rings (SSSR count). The van der Waals surface area contributed by atoms with Gasteiger partial charge in [0, 0.05) is 24.7 Å². The Balaban J connectivity index is 2.30. The van der Waals surface area contributed by atoms with Crippen LogP contribution in [-0.4, -0.2) is 36.5 Å². The summed E-state index contributed by atoms with van der Waals surface area (Å²) >= 11 is 0. The number of aryl methyl sites for hydroxylation is 1. The summed E-state index contributed by atoms with van der Waals surface area (Å²) in [6.45, 7) is 9.27. The monoisotopic (exact) mass is 277 g/mol. The smallest absolute Gasteiger partial charge is 0.220 e. The Morgan fingerprint density at radius 2 is 1.85 bits per heavy atom. The number of amides is 1. The summed E-state index contributed by atoms with van der Waals surface area (Å²) in [6, 6.07) is 7.88. The van der Waals surface area contributed by atoms with E-state index in [-0.39, 0.29) is 11.9 Å². The van der Waals surface area contributed by atoms with Crippen molar-refractivity contribution in [2.75, 3.05) is 25.4 Å². The van der Waals surface area contributed by atoms with Gasteiger partial charge < -0.3 is 16.0 Å². The first-order valence-electron chi connectivity index (χ1n) is 7.41. The summed E-state index contributed by atoms with van der Waals surface area (Å²) in [5, 5.41) is 3.06. The third-order valence-electron chi connectivity index (χ3n) is 3.45. The first kappa shape index (κ1) is 16.5. The molecule has 20 heavy (non-hydrogen) atoms. The van der Waals surface area contributed by atoms with Crippen LogP contribution in [0.4, 0.5) is 5.69 Å². The van der Waals surface area contributed by atoms with Gasteiger partial charge in [-0.1, -0.05) is 26.0 Å². The summed E-state index contributed by atoms with van der Waals surface area (Å²) in [5.74, 6) is 0.112. The topological polar surface area (TPSA) is 58.4 Å². The number of likely N-dealkylation sites (N-methyl/N-ethyl adjacent to an activating group) is 1. The zero-order valence-corrected chi connectivity index (χ0v) is 12.9. The molecule has 1 aromatic carbocycles. The van der Waals surface area contributed by atoms with E-state index in [2.05, 4.69) is 31.0 Å². The Bertz CT molecular complexity index is 399. The largest absolute Gasteiger partial charge is 0.399 e. The fourth-order valence-electron chi connectivity index (χ4n) is 2.20. The van der Waals surface area contributed by atoms with Crippen LogP contribution in [0.2, 0.25) is 0 Å². The predicted molar refractivity (Wildman–Crippen MR) is 84.6 cm³/mol. The van der Waals surface area contributed by atoms with Crippen molar-refractivity contribution in [3.05, 3.63) is 29.8 Å². The maximum atomic E-state index is 11.9. The molecule has 4 nitrogen and oxygen atoms in total. The van der Waals surface area contributed by atoms with Crippen LogP contribution in [-0.2, 0) is 11.2 Å². The molecule has 0 aliphatic heterocycles. The minimum atomic E-state index is 0.112. The van der Waals surface area contributed by atoms with Crippen LogP contribution in [0, 0.1) is 0 Å². The molecule has 0 fully saturated rings. The van der Waals surface area contributed by atoms with Crippen LogP contribution in [0.25, 0.3) is 0 Å². The summed E-state index contributed by atoms with van der Waals surface area (Å²) in [4.78, 5) is 14.2. The number of rotatable bonds is 8. The van der Waals surface area contributed by atoms with Gasteiger partial charge in [0.1, 0.15) is 0 Å². The van der Waals surface area contributed by atoms with Crippen molar-refractivity contribution in [2.24, 2.45) is 0 Å². The summed E-state index contributed by atoms with van der Waals surface area (Å²) in [5.41, 5.74) is 7.54. The molecule has 1 unspecified atom stereocenters. The van der Waals surface area contributed by atoms with Crippen LogP contribution in [0.1, 0.15) is 32.8 Å². The number of carbonyl (C=O) groups excluding carboxylic acids is 1. The van der Waals surface area contributed by atoms with E-state index in [0.717, 1.165) is 37.3 Å². The van der Waals surface area contributed by atoms with E-state index in [1.165, 1.54) is 0 Å². The van der Waals surface area contributed by atoms with Gasteiger partial charge in [0.05, 0.1) is 0 Å². The van der Waals surface area contributed by atoms with E-state index >= 15 is 0 Å². The van der Waals surface area contributed by atoms with E-state index < -0.39 is 0 Å². The molecule has 1 aromatic rings. The molecular weight excluding hydrogens is 250 g/mol. The van der Waals surface area contributed by atoms with E-state index in [9.17, 15) is 4.79 Å². The number of nitrogens with zero attached hydrogens (tertiary/aromatic N) is 1. The Kier molecular flexibility index (Phi) is 7.09. The molecule has 1 amide bonds. The highest BCUT2D eigenvalue weighted by Crippen LogP contribution is 2.07. The Labute approximate surface area is 122 Å². The van der Waals surface area contributed by atoms with Crippen molar-refractivity contribution in [1.82, 2.24) is 10.2 Å². The maximum Gasteiger partial charge on any atom is 0.220 e. The Hall–Kier alpha value is -1.55. The van der Waals surface area contributed by atoms with Crippen LogP contribution in [0.5, 0.6) is 0 Å². The third-order valence-corrected chi connectivity index (χ3v) is 3.45. The molecule has 3 N–H and O–H groups in total. The van der Waals surface area contributed by atoms with Gasteiger partial charge in [0.15, 0.2) is 0 Å². The van der Waals surface area contributed by atoms with E-state index in [0.29, 0.717) is 6.42 Å². The standard InChI is InChI=1S/C16H27N3O/c1-4-19(5-2)12-13(3)18-16(20)11-8-14-6-9-15(17)10-7-14/h6-7,9-10,13H,4-5,8,11-12,17H2,1-3H3,(H,18,20). The zero-order valence-electron chi connectivity index (χ0n) is 12.9. The Morgan fingerprint density at radius 1 is 1.25 bits per heavy atom. The SMILES string of the molecule is CCN(CC)CC(C)NC(=O)CCc1ccc(N)cc1. The molecule has 0 aromatic heterocycles. The van der Waals surface area contributed by atoms with Gasteiger partial charge in [-0.2, -0.15) is 0 Å². The summed E-state index contributed by atoms with van der Waals surface area (Å²) in [7, 11) is 0. The second-order valence-corrected chi connectivity index (χ2v) is 5.20. The van der Waals surface area contributed by atoms with Crippen LogP contribution in [0.3, 0.4) is 0 Å². The van der Waals surface area contributed by atoms with Crippen molar-refractivity contribution in [3.63, 3.8) is 0 Å². The second kappa shape index (κ2) is 8.59. The average molecular weight is 277 g/mol. The molecule has 0 spiro atoms. The van der Waals surface area contributed by atoms with Gasteiger partial charge in [-0.25, -0.2) is 0 Å². The number of nitrogens with one attached hydrogen (secondary N) is 1. The second-order valence-electron chi connectivity index (χ2n) is 5.20. The van der Waals surface area contributed by atoms with Crippen LogP contribution < -0.4 is 11.1 Å². The molecule has 0 radical (unpaired) electrons. The molecule has 0 aliphatic carbocycles. The lowest BCUT2D eigenvalue weighted by Crippen LogP contribution is -2.42. The third kappa shape index (κ3) is 6.06. The quantitative estimate of drug-likeness (QED) is 0.715. The van der Waals surface area contributed by atoms with Crippen LogP contribution >= 0.6 is 0 Å². The lowest BCUT2D eigenvalue weighted by Gasteiger charge is -2.23. The molecular formula is C16H27N3O. The van der Waals surface area contributed by atoms with Crippen molar-refractivity contribution >= 4 is 11.6 Å². The number of nitrogen functional groups attached to an aromatic ring is 1. The molecule has 1 atom stereocenters.